The average molecular weight is 408 g/mol. The molecular formula is C20H23ClFN3O3. The largest absolute Gasteiger partial charge is 0.378 e. The summed E-state index contributed by atoms with van der Waals surface area (Å²) in [5.74, 6) is -0.727. The predicted octanol–water partition coefficient (Wildman–Crippen LogP) is 2.49. The van der Waals surface area contributed by atoms with Gasteiger partial charge in [-0.1, -0.05) is 12.1 Å². The molecule has 0 radical (unpaired) electrons. The van der Waals surface area contributed by atoms with Crippen LogP contribution < -0.4 is 16.0 Å². The molecule has 1 unspecified atom stereocenters. The highest BCUT2D eigenvalue weighted by molar-refractivity contribution is 6.04. The van der Waals surface area contributed by atoms with Crippen molar-refractivity contribution in [1.29, 1.82) is 0 Å². The Kier molecular flexibility index (Phi) is 8.38. The molecule has 150 valence electrons. The van der Waals surface area contributed by atoms with E-state index in [0.29, 0.717) is 37.4 Å². The molecule has 1 fully saturated rings. The molecule has 3 rings (SSSR count). The topological polar surface area (TPSA) is 79.5 Å². The van der Waals surface area contributed by atoms with Crippen molar-refractivity contribution in [2.24, 2.45) is 0 Å². The van der Waals surface area contributed by atoms with Crippen LogP contribution in [0.3, 0.4) is 0 Å². The summed E-state index contributed by atoms with van der Waals surface area (Å²) in [4.78, 5) is 24.1. The minimum absolute atomic E-state index is 0. The SMILES string of the molecule is Cl.O=C(CC1COCCN1)NCc1ccc(NC(=O)c2ccc(F)cc2)cc1. The molecule has 1 saturated heterocycles. The summed E-state index contributed by atoms with van der Waals surface area (Å²) in [6.45, 7) is 2.42. The third-order valence-electron chi connectivity index (χ3n) is 4.24. The molecule has 3 N–H and O–H groups in total. The van der Waals surface area contributed by atoms with Gasteiger partial charge in [0.25, 0.3) is 5.91 Å². The maximum absolute atomic E-state index is 12.9. The Morgan fingerprint density at radius 2 is 1.82 bits per heavy atom. The Morgan fingerprint density at radius 3 is 2.46 bits per heavy atom. The lowest BCUT2D eigenvalue weighted by atomic mass is 10.1. The van der Waals surface area contributed by atoms with Gasteiger partial charge in [-0.2, -0.15) is 0 Å². The fourth-order valence-electron chi connectivity index (χ4n) is 2.76. The minimum atomic E-state index is -0.384. The number of carbonyl (C=O) groups is 2. The Hall–Kier alpha value is -2.48. The van der Waals surface area contributed by atoms with Crippen LogP contribution >= 0.6 is 12.4 Å². The third kappa shape index (κ3) is 6.60. The molecular weight excluding hydrogens is 385 g/mol. The number of halogens is 2. The summed E-state index contributed by atoms with van der Waals surface area (Å²) in [5.41, 5.74) is 1.94. The van der Waals surface area contributed by atoms with E-state index in [-0.39, 0.29) is 36.1 Å². The number of nitrogens with one attached hydrogen (secondary N) is 3. The first-order valence-corrected chi connectivity index (χ1v) is 8.84. The first-order chi connectivity index (χ1) is 13.1. The smallest absolute Gasteiger partial charge is 0.255 e. The first kappa shape index (κ1) is 21.8. The standard InChI is InChI=1S/C20H22FN3O3.ClH/c21-16-5-3-15(4-6-16)20(26)24-17-7-1-14(2-8-17)12-23-19(25)11-18-13-27-10-9-22-18;/h1-8,18,22H,9-13H2,(H,23,25)(H,24,26);1H. The van der Waals surface area contributed by atoms with Gasteiger partial charge in [0.05, 0.1) is 13.2 Å². The quantitative estimate of drug-likeness (QED) is 0.687. The van der Waals surface area contributed by atoms with E-state index in [1.165, 1.54) is 24.3 Å². The van der Waals surface area contributed by atoms with Gasteiger partial charge >= 0.3 is 0 Å². The van der Waals surface area contributed by atoms with E-state index >= 15 is 0 Å². The Bertz CT molecular complexity index is 778. The molecule has 0 aliphatic carbocycles. The fourth-order valence-corrected chi connectivity index (χ4v) is 2.76. The lowest BCUT2D eigenvalue weighted by Crippen LogP contribution is -2.44. The van der Waals surface area contributed by atoms with Crippen molar-refractivity contribution in [1.82, 2.24) is 10.6 Å². The minimum Gasteiger partial charge on any atom is -0.378 e. The van der Waals surface area contributed by atoms with Gasteiger partial charge in [-0.25, -0.2) is 4.39 Å². The molecule has 6 nitrogen and oxygen atoms in total. The number of rotatable bonds is 6. The van der Waals surface area contributed by atoms with Crippen LogP contribution in [-0.2, 0) is 16.1 Å². The average Bonchev–Trinajstić information content (AvgIpc) is 2.69. The van der Waals surface area contributed by atoms with Crippen molar-refractivity contribution in [3.8, 4) is 0 Å². The zero-order valence-corrected chi connectivity index (χ0v) is 16.1. The van der Waals surface area contributed by atoms with Crippen molar-refractivity contribution in [2.45, 2.75) is 19.0 Å². The summed E-state index contributed by atoms with van der Waals surface area (Å²) in [6, 6.07) is 12.6. The second-order valence-corrected chi connectivity index (χ2v) is 6.36. The van der Waals surface area contributed by atoms with Crippen LogP contribution in [0.15, 0.2) is 48.5 Å². The highest BCUT2D eigenvalue weighted by Crippen LogP contribution is 2.12. The van der Waals surface area contributed by atoms with Gasteiger partial charge < -0.3 is 20.7 Å². The second-order valence-electron chi connectivity index (χ2n) is 6.36. The zero-order chi connectivity index (χ0) is 19.1. The van der Waals surface area contributed by atoms with Crippen LogP contribution in [-0.4, -0.2) is 37.6 Å². The van der Waals surface area contributed by atoms with Crippen LogP contribution in [0.2, 0.25) is 0 Å². The summed E-state index contributed by atoms with van der Waals surface area (Å²) < 4.78 is 18.2. The van der Waals surface area contributed by atoms with E-state index in [2.05, 4.69) is 16.0 Å². The lowest BCUT2D eigenvalue weighted by Gasteiger charge is -2.23. The number of ether oxygens (including phenoxy) is 1. The molecule has 28 heavy (non-hydrogen) atoms. The van der Waals surface area contributed by atoms with Crippen LogP contribution in [0, 0.1) is 5.82 Å². The second kappa shape index (κ2) is 10.8. The van der Waals surface area contributed by atoms with Crippen LogP contribution in [0.5, 0.6) is 0 Å². The van der Waals surface area contributed by atoms with E-state index in [4.69, 9.17) is 4.74 Å². The highest BCUT2D eigenvalue weighted by Gasteiger charge is 2.16. The predicted molar refractivity (Wildman–Crippen MR) is 107 cm³/mol. The fraction of sp³-hybridized carbons (Fsp3) is 0.300. The number of hydrogen-bond acceptors (Lipinski definition) is 4. The summed E-state index contributed by atoms with van der Waals surface area (Å²) in [6.07, 6.45) is 0.381. The molecule has 8 heteroatoms. The van der Waals surface area contributed by atoms with Crippen molar-refractivity contribution < 1.29 is 18.7 Å². The summed E-state index contributed by atoms with van der Waals surface area (Å²) in [7, 11) is 0. The van der Waals surface area contributed by atoms with Crippen LogP contribution in [0.4, 0.5) is 10.1 Å². The molecule has 2 aromatic rings. The number of hydrogen-bond donors (Lipinski definition) is 3. The third-order valence-corrected chi connectivity index (χ3v) is 4.24. The number of benzene rings is 2. The van der Waals surface area contributed by atoms with Crippen LogP contribution in [0.1, 0.15) is 22.3 Å². The molecule has 1 aliphatic rings. The molecule has 0 bridgehead atoms. The van der Waals surface area contributed by atoms with Crippen molar-refractivity contribution in [2.75, 3.05) is 25.1 Å². The van der Waals surface area contributed by atoms with Gasteiger partial charge in [-0.3, -0.25) is 9.59 Å². The Balaban J connectivity index is 0.00000280. The molecule has 1 aliphatic heterocycles. The lowest BCUT2D eigenvalue weighted by molar-refractivity contribution is -0.122. The number of amides is 2. The molecule has 1 atom stereocenters. The maximum Gasteiger partial charge on any atom is 0.255 e. The van der Waals surface area contributed by atoms with Crippen molar-refractivity contribution >= 4 is 29.9 Å². The van der Waals surface area contributed by atoms with E-state index in [1.54, 1.807) is 12.1 Å². The van der Waals surface area contributed by atoms with E-state index in [1.807, 2.05) is 12.1 Å². The summed E-state index contributed by atoms with van der Waals surface area (Å²) >= 11 is 0. The molecule has 2 aromatic carbocycles. The zero-order valence-electron chi connectivity index (χ0n) is 15.2. The molecule has 0 aromatic heterocycles. The molecule has 1 heterocycles. The molecule has 0 spiro atoms. The van der Waals surface area contributed by atoms with E-state index in [0.717, 1.165) is 12.1 Å². The first-order valence-electron chi connectivity index (χ1n) is 8.84. The van der Waals surface area contributed by atoms with Gasteiger partial charge in [-0.15, -0.1) is 12.4 Å². The van der Waals surface area contributed by atoms with Crippen LogP contribution in [0.25, 0.3) is 0 Å². The van der Waals surface area contributed by atoms with Gasteiger partial charge in [0, 0.05) is 36.8 Å². The summed E-state index contributed by atoms with van der Waals surface area (Å²) in [5, 5.41) is 8.88. The van der Waals surface area contributed by atoms with Gasteiger partial charge in [-0.05, 0) is 42.0 Å². The van der Waals surface area contributed by atoms with Crippen molar-refractivity contribution in [3.05, 3.63) is 65.5 Å². The number of carbonyl (C=O) groups excluding carboxylic acids is 2. The monoisotopic (exact) mass is 407 g/mol. The maximum atomic E-state index is 12.9. The highest BCUT2D eigenvalue weighted by atomic mass is 35.5. The van der Waals surface area contributed by atoms with Crippen molar-refractivity contribution in [3.63, 3.8) is 0 Å². The van der Waals surface area contributed by atoms with Gasteiger partial charge in [0.1, 0.15) is 5.82 Å². The Morgan fingerprint density at radius 1 is 1.11 bits per heavy atom. The van der Waals surface area contributed by atoms with E-state index in [9.17, 15) is 14.0 Å². The molecule has 2 amide bonds. The number of morpholine rings is 1. The normalized spacial score (nSPS) is 16.0. The Labute approximate surface area is 169 Å². The van der Waals surface area contributed by atoms with Gasteiger partial charge in [0.15, 0.2) is 0 Å². The molecule has 0 saturated carbocycles. The van der Waals surface area contributed by atoms with E-state index < -0.39 is 0 Å². The number of anilines is 1. The van der Waals surface area contributed by atoms with Gasteiger partial charge in [0.2, 0.25) is 5.91 Å².